The van der Waals surface area contributed by atoms with Crippen LogP contribution < -0.4 is 0 Å². The molecule has 6 nitrogen and oxygen atoms in total. The second-order valence-corrected chi connectivity index (χ2v) is 6.78. The number of benzene rings is 1. The molecule has 3 heterocycles. The van der Waals surface area contributed by atoms with Crippen molar-refractivity contribution in [2.24, 2.45) is 0 Å². The minimum Gasteiger partial charge on any atom is -0.336 e. The van der Waals surface area contributed by atoms with E-state index < -0.39 is 0 Å². The number of hydrogen-bond acceptors (Lipinski definition) is 3. The molecule has 0 bridgehead atoms. The summed E-state index contributed by atoms with van der Waals surface area (Å²) in [6.45, 7) is 2.16. The highest BCUT2D eigenvalue weighted by atomic mass is 16.2. The van der Waals surface area contributed by atoms with Crippen molar-refractivity contribution >= 4 is 11.8 Å². The summed E-state index contributed by atoms with van der Waals surface area (Å²) in [6.07, 6.45) is 6.83. The molecule has 0 radical (unpaired) electrons. The Balaban J connectivity index is 1.44. The number of nitrogens with zero attached hydrogens (tertiary/aromatic N) is 4. The first kappa shape index (κ1) is 15.9. The SMILES string of the molecule is O=C1c2ccccc2CN1CC(=O)N1CCCC[C@H]1Cn1cccn1. The summed E-state index contributed by atoms with van der Waals surface area (Å²) in [4.78, 5) is 29.0. The van der Waals surface area contributed by atoms with Crippen molar-refractivity contribution in [3.8, 4) is 0 Å². The van der Waals surface area contributed by atoms with E-state index in [4.69, 9.17) is 0 Å². The van der Waals surface area contributed by atoms with Crippen LogP contribution in [0.2, 0.25) is 0 Å². The van der Waals surface area contributed by atoms with Gasteiger partial charge in [0.25, 0.3) is 5.91 Å². The minimum absolute atomic E-state index is 0.0374. The summed E-state index contributed by atoms with van der Waals surface area (Å²) in [6, 6.07) is 9.65. The second kappa shape index (κ2) is 6.70. The van der Waals surface area contributed by atoms with E-state index in [2.05, 4.69) is 5.10 Å². The van der Waals surface area contributed by atoms with Crippen LogP contribution in [0.15, 0.2) is 42.7 Å². The summed E-state index contributed by atoms with van der Waals surface area (Å²) in [5.74, 6) is 0.00241. The smallest absolute Gasteiger partial charge is 0.254 e. The van der Waals surface area contributed by atoms with Crippen LogP contribution in [0.3, 0.4) is 0 Å². The summed E-state index contributed by atoms with van der Waals surface area (Å²) < 4.78 is 1.88. The van der Waals surface area contributed by atoms with E-state index in [1.165, 1.54) is 0 Å². The zero-order valence-electron chi connectivity index (χ0n) is 14.2. The summed E-state index contributed by atoms with van der Waals surface area (Å²) in [7, 11) is 0. The van der Waals surface area contributed by atoms with Crippen LogP contribution in [-0.2, 0) is 17.9 Å². The molecule has 2 aliphatic rings. The number of fused-ring (bicyclic) bond motifs is 1. The van der Waals surface area contributed by atoms with Gasteiger partial charge in [-0.15, -0.1) is 0 Å². The number of hydrogen-bond donors (Lipinski definition) is 0. The molecule has 1 aromatic carbocycles. The standard InChI is InChI=1S/C19H22N4O2/c24-18(14-21-12-15-6-1-2-8-17(15)19(21)25)23-11-4-3-7-16(23)13-22-10-5-9-20-22/h1-2,5-6,8-10,16H,3-4,7,11-14H2/t16-/m0/s1. The molecule has 1 aromatic heterocycles. The van der Waals surface area contributed by atoms with Crippen LogP contribution in [0.1, 0.15) is 35.2 Å². The van der Waals surface area contributed by atoms with Gasteiger partial charge in [-0.3, -0.25) is 14.3 Å². The Labute approximate surface area is 147 Å². The number of piperidine rings is 1. The van der Waals surface area contributed by atoms with Crippen LogP contribution >= 0.6 is 0 Å². The first-order valence-electron chi connectivity index (χ1n) is 8.86. The quantitative estimate of drug-likeness (QED) is 0.856. The largest absolute Gasteiger partial charge is 0.336 e. The molecular formula is C19H22N4O2. The van der Waals surface area contributed by atoms with Crippen LogP contribution in [-0.4, -0.2) is 50.5 Å². The number of likely N-dealkylation sites (tertiary alicyclic amines) is 1. The van der Waals surface area contributed by atoms with Crippen molar-refractivity contribution in [2.75, 3.05) is 13.1 Å². The predicted octanol–water partition coefficient (Wildman–Crippen LogP) is 1.92. The lowest BCUT2D eigenvalue weighted by atomic mass is 10.0. The molecule has 130 valence electrons. The highest BCUT2D eigenvalue weighted by Gasteiger charge is 2.32. The fourth-order valence-electron chi connectivity index (χ4n) is 3.84. The van der Waals surface area contributed by atoms with E-state index >= 15 is 0 Å². The molecule has 1 fully saturated rings. The second-order valence-electron chi connectivity index (χ2n) is 6.78. The summed E-state index contributed by atoms with van der Waals surface area (Å²) in [5, 5.41) is 4.26. The normalized spacial score (nSPS) is 20.0. The fraction of sp³-hybridized carbons (Fsp3) is 0.421. The maximum Gasteiger partial charge on any atom is 0.254 e. The fourth-order valence-corrected chi connectivity index (χ4v) is 3.84. The first-order chi connectivity index (χ1) is 12.2. The summed E-state index contributed by atoms with van der Waals surface area (Å²) in [5.41, 5.74) is 1.73. The van der Waals surface area contributed by atoms with Gasteiger partial charge in [0.05, 0.1) is 12.6 Å². The number of carbonyl (C=O) groups excluding carboxylic acids is 2. The third-order valence-electron chi connectivity index (χ3n) is 5.13. The van der Waals surface area contributed by atoms with E-state index in [1.807, 2.05) is 46.1 Å². The molecule has 4 rings (SSSR count). The lowest BCUT2D eigenvalue weighted by Crippen LogP contribution is -2.49. The molecule has 2 amide bonds. The maximum absolute atomic E-state index is 12.9. The van der Waals surface area contributed by atoms with Gasteiger partial charge in [0.1, 0.15) is 6.54 Å². The van der Waals surface area contributed by atoms with Crippen molar-refractivity contribution in [3.63, 3.8) is 0 Å². The van der Waals surface area contributed by atoms with Crippen molar-refractivity contribution in [2.45, 2.75) is 38.4 Å². The minimum atomic E-state index is -0.0374. The molecular weight excluding hydrogens is 316 g/mol. The lowest BCUT2D eigenvalue weighted by molar-refractivity contribution is -0.136. The summed E-state index contributed by atoms with van der Waals surface area (Å²) >= 11 is 0. The van der Waals surface area contributed by atoms with Crippen LogP contribution in [0, 0.1) is 0 Å². The Morgan fingerprint density at radius 2 is 2.08 bits per heavy atom. The van der Waals surface area contributed by atoms with E-state index in [0.29, 0.717) is 13.1 Å². The molecule has 0 saturated carbocycles. The van der Waals surface area contributed by atoms with Gasteiger partial charge in [0, 0.05) is 31.0 Å². The molecule has 6 heteroatoms. The Morgan fingerprint density at radius 1 is 1.20 bits per heavy atom. The van der Waals surface area contributed by atoms with Gasteiger partial charge in [-0.05, 0) is 37.0 Å². The zero-order chi connectivity index (χ0) is 17.2. The average Bonchev–Trinajstić information content (AvgIpc) is 3.24. The van der Waals surface area contributed by atoms with Crippen LogP contribution in [0.25, 0.3) is 0 Å². The van der Waals surface area contributed by atoms with E-state index in [1.54, 1.807) is 11.1 Å². The third kappa shape index (κ3) is 3.16. The molecule has 0 N–H and O–H groups in total. The Morgan fingerprint density at radius 3 is 2.88 bits per heavy atom. The van der Waals surface area contributed by atoms with Gasteiger partial charge in [-0.25, -0.2) is 0 Å². The van der Waals surface area contributed by atoms with Crippen molar-refractivity contribution in [1.29, 1.82) is 0 Å². The zero-order valence-corrected chi connectivity index (χ0v) is 14.2. The van der Waals surface area contributed by atoms with Gasteiger partial charge < -0.3 is 9.80 Å². The molecule has 0 unspecified atom stereocenters. The van der Waals surface area contributed by atoms with Gasteiger partial charge >= 0.3 is 0 Å². The Hall–Kier alpha value is -2.63. The van der Waals surface area contributed by atoms with Crippen molar-refractivity contribution < 1.29 is 9.59 Å². The van der Waals surface area contributed by atoms with Gasteiger partial charge in [-0.1, -0.05) is 18.2 Å². The monoisotopic (exact) mass is 338 g/mol. The highest BCUT2D eigenvalue weighted by molar-refractivity contribution is 6.00. The first-order valence-corrected chi connectivity index (χ1v) is 8.86. The number of aromatic nitrogens is 2. The molecule has 0 aliphatic carbocycles. The topological polar surface area (TPSA) is 58.4 Å². The number of rotatable bonds is 4. The molecule has 0 spiro atoms. The third-order valence-corrected chi connectivity index (χ3v) is 5.13. The van der Waals surface area contributed by atoms with Crippen molar-refractivity contribution in [3.05, 3.63) is 53.9 Å². The molecule has 1 saturated heterocycles. The molecule has 25 heavy (non-hydrogen) atoms. The molecule has 2 aromatic rings. The number of amides is 2. The average molecular weight is 338 g/mol. The van der Waals surface area contributed by atoms with E-state index in [-0.39, 0.29) is 24.4 Å². The number of carbonyl (C=O) groups is 2. The molecule has 2 aliphatic heterocycles. The Bertz CT molecular complexity index is 771. The Kier molecular flexibility index (Phi) is 4.26. The lowest BCUT2D eigenvalue weighted by Gasteiger charge is -2.36. The predicted molar refractivity (Wildman–Crippen MR) is 92.8 cm³/mol. The van der Waals surface area contributed by atoms with E-state index in [0.717, 1.165) is 36.9 Å². The van der Waals surface area contributed by atoms with Crippen LogP contribution in [0.5, 0.6) is 0 Å². The van der Waals surface area contributed by atoms with E-state index in [9.17, 15) is 9.59 Å². The van der Waals surface area contributed by atoms with Crippen LogP contribution in [0.4, 0.5) is 0 Å². The highest BCUT2D eigenvalue weighted by Crippen LogP contribution is 2.24. The molecule has 1 atom stereocenters. The maximum atomic E-state index is 12.9. The van der Waals surface area contributed by atoms with Gasteiger partial charge in [-0.2, -0.15) is 5.10 Å². The van der Waals surface area contributed by atoms with Gasteiger partial charge in [0.2, 0.25) is 5.91 Å². The van der Waals surface area contributed by atoms with Gasteiger partial charge in [0.15, 0.2) is 0 Å². The van der Waals surface area contributed by atoms with Crippen molar-refractivity contribution in [1.82, 2.24) is 19.6 Å².